The maximum Gasteiger partial charge on any atom is 0.317 e. The van der Waals surface area contributed by atoms with Crippen molar-refractivity contribution in [2.75, 3.05) is 46.3 Å². The number of urea groups is 1. The summed E-state index contributed by atoms with van der Waals surface area (Å²) in [6.07, 6.45) is 0. The molecule has 2 aromatic carbocycles. The van der Waals surface area contributed by atoms with E-state index in [2.05, 4.69) is 5.32 Å². The van der Waals surface area contributed by atoms with E-state index in [-0.39, 0.29) is 6.03 Å². The van der Waals surface area contributed by atoms with Crippen molar-refractivity contribution in [2.24, 2.45) is 0 Å². The van der Waals surface area contributed by atoms with Gasteiger partial charge in [-0.15, -0.1) is 0 Å². The van der Waals surface area contributed by atoms with Gasteiger partial charge in [-0.25, -0.2) is 4.79 Å². The Bertz CT molecular complexity index is 684. The minimum absolute atomic E-state index is 0.125. The van der Waals surface area contributed by atoms with Gasteiger partial charge >= 0.3 is 6.03 Å². The Morgan fingerprint density at radius 1 is 0.962 bits per heavy atom. The molecule has 0 spiro atoms. The third-order valence-corrected chi connectivity index (χ3v) is 4.00. The van der Waals surface area contributed by atoms with E-state index >= 15 is 0 Å². The highest BCUT2D eigenvalue weighted by molar-refractivity contribution is 5.73. The first-order chi connectivity index (χ1) is 12.5. The van der Waals surface area contributed by atoms with Crippen LogP contribution in [0.5, 0.6) is 11.5 Å². The fraction of sp³-hybridized carbons (Fsp3) is 0.350. The van der Waals surface area contributed by atoms with Crippen LogP contribution in [0.25, 0.3) is 0 Å². The topological polar surface area (TPSA) is 54.0 Å². The van der Waals surface area contributed by atoms with E-state index in [1.165, 1.54) is 0 Å². The van der Waals surface area contributed by atoms with Crippen LogP contribution in [0.3, 0.4) is 0 Å². The predicted molar refractivity (Wildman–Crippen MR) is 104 cm³/mol. The summed E-state index contributed by atoms with van der Waals surface area (Å²) >= 11 is 0. The lowest BCUT2D eigenvalue weighted by Crippen LogP contribution is -2.39. The normalized spacial score (nSPS) is 10.2. The molecule has 0 saturated carbocycles. The van der Waals surface area contributed by atoms with Gasteiger partial charge in [-0.05, 0) is 42.0 Å². The van der Waals surface area contributed by atoms with Crippen molar-refractivity contribution in [3.8, 4) is 11.5 Å². The third kappa shape index (κ3) is 5.88. The largest absolute Gasteiger partial charge is 0.497 e. The molecule has 0 fully saturated rings. The first-order valence-corrected chi connectivity index (χ1v) is 8.51. The molecule has 0 atom stereocenters. The number of carbonyl (C=O) groups is 1. The number of amides is 2. The molecule has 2 rings (SSSR count). The van der Waals surface area contributed by atoms with Gasteiger partial charge in [0, 0.05) is 33.4 Å². The van der Waals surface area contributed by atoms with E-state index in [4.69, 9.17) is 9.47 Å². The summed E-state index contributed by atoms with van der Waals surface area (Å²) in [6, 6.07) is 15.3. The highest BCUT2D eigenvalue weighted by Gasteiger charge is 2.08. The number of anilines is 1. The van der Waals surface area contributed by atoms with Crippen LogP contribution in [0.2, 0.25) is 0 Å². The van der Waals surface area contributed by atoms with Crippen molar-refractivity contribution >= 4 is 11.7 Å². The minimum atomic E-state index is -0.125. The second-order valence-corrected chi connectivity index (χ2v) is 6.17. The number of methoxy groups -OCH3 is 1. The molecule has 0 saturated heterocycles. The van der Waals surface area contributed by atoms with Crippen molar-refractivity contribution in [1.82, 2.24) is 10.2 Å². The molecule has 0 aliphatic heterocycles. The Kier molecular flexibility index (Phi) is 7.14. The van der Waals surface area contributed by atoms with Crippen LogP contribution < -0.4 is 19.7 Å². The lowest BCUT2D eigenvalue weighted by Gasteiger charge is -2.18. The van der Waals surface area contributed by atoms with Crippen molar-refractivity contribution < 1.29 is 14.3 Å². The molecule has 26 heavy (non-hydrogen) atoms. The monoisotopic (exact) mass is 357 g/mol. The lowest BCUT2D eigenvalue weighted by molar-refractivity contribution is 0.195. The summed E-state index contributed by atoms with van der Waals surface area (Å²) in [5.41, 5.74) is 2.19. The van der Waals surface area contributed by atoms with Gasteiger partial charge in [0.25, 0.3) is 0 Å². The Morgan fingerprint density at radius 3 is 2.15 bits per heavy atom. The highest BCUT2D eigenvalue weighted by atomic mass is 16.5. The number of hydrogen-bond acceptors (Lipinski definition) is 4. The zero-order valence-corrected chi connectivity index (χ0v) is 15.9. The molecule has 140 valence electrons. The van der Waals surface area contributed by atoms with Gasteiger partial charge in [-0.3, -0.25) is 0 Å². The maximum atomic E-state index is 12.2. The zero-order chi connectivity index (χ0) is 18.9. The minimum Gasteiger partial charge on any atom is -0.497 e. The molecule has 0 radical (unpaired) electrons. The van der Waals surface area contributed by atoms with Crippen LogP contribution in [-0.2, 0) is 6.54 Å². The smallest absolute Gasteiger partial charge is 0.317 e. The number of benzene rings is 2. The first kappa shape index (κ1) is 19.4. The van der Waals surface area contributed by atoms with Gasteiger partial charge in [0.1, 0.15) is 18.1 Å². The molecule has 6 heteroatoms. The Hall–Kier alpha value is -2.89. The van der Waals surface area contributed by atoms with Gasteiger partial charge < -0.3 is 24.6 Å². The predicted octanol–water partition coefficient (Wildman–Crippen LogP) is 2.98. The molecule has 0 heterocycles. The van der Waals surface area contributed by atoms with Crippen LogP contribution in [0, 0.1) is 0 Å². The van der Waals surface area contributed by atoms with Crippen molar-refractivity contribution in [3.63, 3.8) is 0 Å². The van der Waals surface area contributed by atoms with Gasteiger partial charge in [-0.1, -0.05) is 12.1 Å². The van der Waals surface area contributed by atoms with E-state index in [0.29, 0.717) is 19.7 Å². The van der Waals surface area contributed by atoms with Crippen LogP contribution >= 0.6 is 0 Å². The quantitative estimate of drug-likeness (QED) is 0.789. The number of ether oxygens (including phenoxy) is 2. The fourth-order valence-corrected chi connectivity index (χ4v) is 2.30. The van der Waals surface area contributed by atoms with Gasteiger partial charge in [0.05, 0.1) is 13.7 Å². The fourth-order valence-electron chi connectivity index (χ4n) is 2.30. The summed E-state index contributed by atoms with van der Waals surface area (Å²) in [5, 5.41) is 2.91. The van der Waals surface area contributed by atoms with Crippen LogP contribution in [0.1, 0.15) is 5.56 Å². The first-order valence-electron chi connectivity index (χ1n) is 8.51. The molecule has 0 aromatic heterocycles. The standard InChI is InChI=1S/C20H27N3O3/c1-22(2)17-7-5-16(6-8-17)15-21-20(24)23(3)13-14-26-19-11-9-18(25-4)10-12-19/h5-12H,13-15H2,1-4H3,(H,21,24). The molecule has 0 aliphatic carbocycles. The maximum absolute atomic E-state index is 12.2. The summed E-state index contributed by atoms with van der Waals surface area (Å²) in [6.45, 7) is 1.42. The lowest BCUT2D eigenvalue weighted by atomic mass is 10.2. The molecule has 2 aromatic rings. The number of carbonyl (C=O) groups excluding carboxylic acids is 1. The van der Waals surface area contributed by atoms with Crippen molar-refractivity contribution in [2.45, 2.75) is 6.54 Å². The van der Waals surface area contributed by atoms with E-state index in [1.807, 2.05) is 67.5 Å². The van der Waals surface area contributed by atoms with E-state index < -0.39 is 0 Å². The molecular weight excluding hydrogens is 330 g/mol. The number of hydrogen-bond donors (Lipinski definition) is 1. The number of likely N-dealkylation sites (N-methyl/N-ethyl adjacent to an activating group) is 1. The van der Waals surface area contributed by atoms with Crippen molar-refractivity contribution in [1.29, 1.82) is 0 Å². The van der Waals surface area contributed by atoms with E-state index in [1.54, 1.807) is 19.1 Å². The highest BCUT2D eigenvalue weighted by Crippen LogP contribution is 2.16. The Labute approximate surface area is 155 Å². The van der Waals surface area contributed by atoms with E-state index in [0.717, 1.165) is 22.7 Å². The van der Waals surface area contributed by atoms with Crippen LogP contribution in [-0.4, -0.2) is 52.3 Å². The van der Waals surface area contributed by atoms with Crippen LogP contribution in [0.4, 0.5) is 10.5 Å². The third-order valence-electron chi connectivity index (χ3n) is 4.00. The Morgan fingerprint density at radius 2 is 1.58 bits per heavy atom. The zero-order valence-electron chi connectivity index (χ0n) is 15.9. The SMILES string of the molecule is COc1ccc(OCCN(C)C(=O)NCc2ccc(N(C)C)cc2)cc1. The second-order valence-electron chi connectivity index (χ2n) is 6.17. The van der Waals surface area contributed by atoms with E-state index in [9.17, 15) is 4.79 Å². The number of rotatable bonds is 8. The molecule has 1 N–H and O–H groups in total. The van der Waals surface area contributed by atoms with Gasteiger partial charge in [0.2, 0.25) is 0 Å². The summed E-state index contributed by atoms with van der Waals surface area (Å²) < 4.78 is 10.7. The molecule has 0 bridgehead atoms. The number of nitrogens with zero attached hydrogens (tertiary/aromatic N) is 2. The summed E-state index contributed by atoms with van der Waals surface area (Å²) in [5.74, 6) is 1.54. The molecule has 0 unspecified atom stereocenters. The molecular formula is C20H27N3O3. The average Bonchev–Trinajstić information content (AvgIpc) is 2.66. The number of nitrogens with one attached hydrogen (secondary N) is 1. The van der Waals surface area contributed by atoms with Crippen LogP contribution in [0.15, 0.2) is 48.5 Å². The van der Waals surface area contributed by atoms with Crippen molar-refractivity contribution in [3.05, 3.63) is 54.1 Å². The molecule has 2 amide bonds. The second kappa shape index (κ2) is 9.56. The Balaban J connectivity index is 1.71. The average molecular weight is 357 g/mol. The van der Waals surface area contributed by atoms with Gasteiger partial charge in [0.15, 0.2) is 0 Å². The van der Waals surface area contributed by atoms with Gasteiger partial charge in [-0.2, -0.15) is 0 Å². The molecule has 6 nitrogen and oxygen atoms in total. The molecule has 0 aliphatic rings. The summed E-state index contributed by atoms with van der Waals surface area (Å²) in [4.78, 5) is 15.8. The summed E-state index contributed by atoms with van der Waals surface area (Å²) in [7, 11) is 7.38.